The molecule has 0 radical (unpaired) electrons. The molecular formula is C9H17NO. The van der Waals surface area contributed by atoms with Gasteiger partial charge in [0.05, 0.1) is 13.2 Å². The second-order valence-corrected chi connectivity index (χ2v) is 2.91. The lowest BCUT2D eigenvalue weighted by molar-refractivity contribution is 0.146. The third-order valence-corrected chi connectivity index (χ3v) is 1.96. The van der Waals surface area contributed by atoms with Gasteiger partial charge in [-0.05, 0) is 32.2 Å². The first-order valence-corrected chi connectivity index (χ1v) is 4.39. The predicted molar refractivity (Wildman–Crippen MR) is 46.4 cm³/mol. The lowest BCUT2D eigenvalue weighted by Crippen LogP contribution is -1.99. The molecule has 1 heterocycles. The Labute approximate surface area is 68.4 Å². The number of hydrogen-bond donors (Lipinski definition) is 1. The molecule has 2 nitrogen and oxygen atoms in total. The van der Waals surface area contributed by atoms with Crippen LogP contribution in [0, 0.1) is 0 Å². The van der Waals surface area contributed by atoms with E-state index in [-0.39, 0.29) is 0 Å². The van der Waals surface area contributed by atoms with Gasteiger partial charge in [-0.1, -0.05) is 11.6 Å². The Morgan fingerprint density at radius 3 is 3.18 bits per heavy atom. The average molecular weight is 155 g/mol. The fourth-order valence-corrected chi connectivity index (χ4v) is 1.31. The van der Waals surface area contributed by atoms with Crippen molar-refractivity contribution in [2.24, 2.45) is 5.73 Å². The molecule has 11 heavy (non-hydrogen) atoms. The van der Waals surface area contributed by atoms with Gasteiger partial charge in [0.2, 0.25) is 0 Å². The van der Waals surface area contributed by atoms with E-state index in [1.165, 1.54) is 12.0 Å². The van der Waals surface area contributed by atoms with Gasteiger partial charge in [-0.2, -0.15) is 0 Å². The first-order chi connectivity index (χ1) is 5.43. The van der Waals surface area contributed by atoms with E-state index in [0.29, 0.717) is 0 Å². The summed E-state index contributed by atoms with van der Waals surface area (Å²) in [5, 5.41) is 0. The van der Waals surface area contributed by atoms with Crippen LogP contribution in [0.15, 0.2) is 11.6 Å². The zero-order valence-corrected chi connectivity index (χ0v) is 7.01. The second-order valence-electron chi connectivity index (χ2n) is 2.91. The Morgan fingerprint density at radius 1 is 1.45 bits per heavy atom. The van der Waals surface area contributed by atoms with Crippen LogP contribution < -0.4 is 5.73 Å². The predicted octanol–water partition coefficient (Wildman–Crippen LogP) is 1.46. The SMILES string of the molecule is NCCCC1=CCCOCC1. The number of hydrogen-bond acceptors (Lipinski definition) is 2. The third-order valence-electron chi connectivity index (χ3n) is 1.96. The lowest BCUT2D eigenvalue weighted by atomic mass is 10.1. The maximum Gasteiger partial charge on any atom is 0.0503 e. The Balaban J connectivity index is 2.23. The van der Waals surface area contributed by atoms with Crippen LogP contribution >= 0.6 is 0 Å². The molecule has 0 spiro atoms. The summed E-state index contributed by atoms with van der Waals surface area (Å²) in [5.74, 6) is 0. The van der Waals surface area contributed by atoms with Crippen LogP contribution in [0.1, 0.15) is 25.7 Å². The summed E-state index contributed by atoms with van der Waals surface area (Å²) in [6.07, 6.45) is 6.79. The monoisotopic (exact) mass is 155 g/mol. The lowest BCUT2D eigenvalue weighted by Gasteiger charge is -2.02. The molecule has 0 bridgehead atoms. The topological polar surface area (TPSA) is 35.2 Å². The Morgan fingerprint density at radius 2 is 2.36 bits per heavy atom. The molecule has 0 unspecified atom stereocenters. The third kappa shape index (κ3) is 3.54. The molecule has 64 valence electrons. The summed E-state index contributed by atoms with van der Waals surface area (Å²) in [4.78, 5) is 0. The molecule has 2 heteroatoms. The first kappa shape index (κ1) is 8.75. The van der Waals surface area contributed by atoms with Crippen LogP contribution in [-0.4, -0.2) is 19.8 Å². The number of ether oxygens (including phenoxy) is 1. The van der Waals surface area contributed by atoms with Gasteiger partial charge in [-0.3, -0.25) is 0 Å². The summed E-state index contributed by atoms with van der Waals surface area (Å²) >= 11 is 0. The maximum atomic E-state index is 5.43. The summed E-state index contributed by atoms with van der Waals surface area (Å²) in [6.45, 7) is 2.60. The standard InChI is InChI=1S/C9H17NO/c10-6-1-3-9-4-2-7-11-8-5-9/h4H,1-3,5-8,10H2. The molecule has 0 atom stereocenters. The van der Waals surface area contributed by atoms with E-state index in [9.17, 15) is 0 Å². The zero-order valence-electron chi connectivity index (χ0n) is 7.01. The fraction of sp³-hybridized carbons (Fsp3) is 0.778. The van der Waals surface area contributed by atoms with Crippen molar-refractivity contribution in [1.82, 2.24) is 0 Å². The van der Waals surface area contributed by atoms with E-state index in [2.05, 4.69) is 6.08 Å². The molecule has 0 aromatic rings. The van der Waals surface area contributed by atoms with Crippen molar-refractivity contribution in [3.8, 4) is 0 Å². The van der Waals surface area contributed by atoms with E-state index < -0.39 is 0 Å². The largest absolute Gasteiger partial charge is 0.381 e. The smallest absolute Gasteiger partial charge is 0.0503 e. The van der Waals surface area contributed by atoms with Gasteiger partial charge in [0, 0.05) is 0 Å². The van der Waals surface area contributed by atoms with Gasteiger partial charge in [-0.25, -0.2) is 0 Å². The highest BCUT2D eigenvalue weighted by atomic mass is 16.5. The summed E-state index contributed by atoms with van der Waals surface area (Å²) in [5.41, 5.74) is 6.96. The van der Waals surface area contributed by atoms with Crippen molar-refractivity contribution >= 4 is 0 Å². The van der Waals surface area contributed by atoms with Crippen LogP contribution in [0.4, 0.5) is 0 Å². The molecule has 0 aliphatic carbocycles. The van der Waals surface area contributed by atoms with Crippen molar-refractivity contribution in [3.63, 3.8) is 0 Å². The number of rotatable bonds is 3. The van der Waals surface area contributed by atoms with Crippen LogP contribution in [0.25, 0.3) is 0 Å². The van der Waals surface area contributed by atoms with Gasteiger partial charge < -0.3 is 10.5 Å². The van der Waals surface area contributed by atoms with E-state index in [1.807, 2.05) is 0 Å². The van der Waals surface area contributed by atoms with Gasteiger partial charge in [0.1, 0.15) is 0 Å². The quantitative estimate of drug-likeness (QED) is 0.626. The van der Waals surface area contributed by atoms with Crippen LogP contribution in [0.5, 0.6) is 0 Å². The Hall–Kier alpha value is -0.340. The van der Waals surface area contributed by atoms with Crippen molar-refractivity contribution in [3.05, 3.63) is 11.6 Å². The van der Waals surface area contributed by atoms with Crippen LogP contribution in [0.3, 0.4) is 0 Å². The van der Waals surface area contributed by atoms with Crippen LogP contribution in [0.2, 0.25) is 0 Å². The average Bonchev–Trinajstić information content (AvgIpc) is 2.28. The Bertz CT molecular complexity index is 132. The van der Waals surface area contributed by atoms with Crippen molar-refractivity contribution in [2.45, 2.75) is 25.7 Å². The number of nitrogens with two attached hydrogens (primary N) is 1. The highest BCUT2D eigenvalue weighted by Gasteiger charge is 2.01. The van der Waals surface area contributed by atoms with Gasteiger partial charge in [-0.15, -0.1) is 0 Å². The normalized spacial score (nSPS) is 19.2. The maximum absolute atomic E-state index is 5.43. The highest BCUT2D eigenvalue weighted by molar-refractivity contribution is 5.03. The molecule has 0 amide bonds. The molecule has 1 aliphatic heterocycles. The van der Waals surface area contributed by atoms with Crippen molar-refractivity contribution in [1.29, 1.82) is 0 Å². The first-order valence-electron chi connectivity index (χ1n) is 4.39. The minimum Gasteiger partial charge on any atom is -0.381 e. The molecule has 0 saturated heterocycles. The van der Waals surface area contributed by atoms with Gasteiger partial charge in [0.25, 0.3) is 0 Å². The van der Waals surface area contributed by atoms with Crippen LogP contribution in [-0.2, 0) is 4.74 Å². The summed E-state index contributed by atoms with van der Waals surface area (Å²) < 4.78 is 5.32. The van der Waals surface area contributed by atoms with E-state index >= 15 is 0 Å². The van der Waals surface area contributed by atoms with Gasteiger partial charge in [0.15, 0.2) is 0 Å². The molecule has 0 saturated carbocycles. The van der Waals surface area contributed by atoms with Crippen molar-refractivity contribution in [2.75, 3.05) is 19.8 Å². The molecule has 0 fully saturated rings. The van der Waals surface area contributed by atoms with E-state index in [0.717, 1.165) is 39.0 Å². The summed E-state index contributed by atoms with van der Waals surface area (Å²) in [7, 11) is 0. The minimum absolute atomic E-state index is 0.804. The molecule has 0 aromatic carbocycles. The second kappa shape index (κ2) is 5.33. The van der Waals surface area contributed by atoms with Gasteiger partial charge >= 0.3 is 0 Å². The Kier molecular flexibility index (Phi) is 4.24. The van der Waals surface area contributed by atoms with Crippen molar-refractivity contribution < 1.29 is 4.74 Å². The molecule has 2 N–H and O–H groups in total. The van der Waals surface area contributed by atoms with E-state index in [1.54, 1.807) is 0 Å². The zero-order chi connectivity index (χ0) is 7.94. The summed E-state index contributed by atoms with van der Waals surface area (Å²) in [6, 6.07) is 0. The molecular weight excluding hydrogens is 138 g/mol. The molecule has 1 rings (SSSR count). The molecule has 1 aliphatic rings. The minimum atomic E-state index is 0.804. The highest BCUT2D eigenvalue weighted by Crippen LogP contribution is 2.13. The van der Waals surface area contributed by atoms with E-state index in [4.69, 9.17) is 10.5 Å². The molecule has 0 aromatic heterocycles. The fourth-order valence-electron chi connectivity index (χ4n) is 1.31.